The molecule has 2 aliphatic carbocycles. The van der Waals surface area contributed by atoms with E-state index in [0.717, 1.165) is 31.6 Å². The maximum absolute atomic E-state index is 6.30. The molecule has 2 N–H and O–H groups in total. The van der Waals surface area contributed by atoms with Gasteiger partial charge in [0.15, 0.2) is 5.96 Å². The van der Waals surface area contributed by atoms with Gasteiger partial charge in [-0.05, 0) is 44.9 Å². The molecule has 0 radical (unpaired) electrons. The summed E-state index contributed by atoms with van der Waals surface area (Å²) in [5, 5.41) is 7.24. The third-order valence-corrected chi connectivity index (χ3v) is 6.11. The highest BCUT2D eigenvalue weighted by Crippen LogP contribution is 2.31. The Morgan fingerprint density at radius 3 is 2.44 bits per heavy atom. The highest BCUT2D eigenvalue weighted by atomic mass is 16.5. The van der Waals surface area contributed by atoms with E-state index in [1.54, 1.807) is 0 Å². The predicted octanol–water partition coefficient (Wildman–Crippen LogP) is 2.91. The fourth-order valence-electron chi connectivity index (χ4n) is 4.37. The van der Waals surface area contributed by atoms with Gasteiger partial charge in [-0.3, -0.25) is 4.99 Å². The van der Waals surface area contributed by atoms with Crippen LogP contribution in [-0.4, -0.2) is 61.8 Å². The molecule has 2 saturated carbocycles. The van der Waals surface area contributed by atoms with E-state index in [2.05, 4.69) is 27.4 Å². The number of nitrogens with zero attached hydrogens (tertiary/aromatic N) is 2. The van der Waals surface area contributed by atoms with Crippen molar-refractivity contribution in [2.24, 2.45) is 4.99 Å². The van der Waals surface area contributed by atoms with Gasteiger partial charge in [0, 0.05) is 45.4 Å². The van der Waals surface area contributed by atoms with Gasteiger partial charge in [0.1, 0.15) is 0 Å². The molecule has 0 amide bonds. The Hall–Kier alpha value is -0.810. The average molecular weight is 351 g/mol. The second-order valence-electron chi connectivity index (χ2n) is 8.20. The number of likely N-dealkylation sites (tertiary alicyclic amines) is 1. The lowest BCUT2D eigenvalue weighted by molar-refractivity contribution is -0.0657. The molecule has 5 heteroatoms. The number of hydrogen-bond acceptors (Lipinski definition) is 3. The lowest BCUT2D eigenvalue weighted by atomic mass is 9.84. The zero-order valence-electron chi connectivity index (χ0n) is 16.4. The first-order valence-electron chi connectivity index (χ1n) is 10.6. The lowest BCUT2D eigenvalue weighted by Crippen LogP contribution is -2.53. The molecule has 3 rings (SSSR count). The molecule has 0 spiro atoms. The average Bonchev–Trinajstić information content (AvgIpc) is 3.50. The minimum atomic E-state index is 0.0151. The number of aliphatic imine (C=N–C) groups is 1. The number of hydrogen-bond donors (Lipinski definition) is 2. The topological polar surface area (TPSA) is 48.9 Å². The quantitative estimate of drug-likeness (QED) is 0.547. The molecular formula is C20H38N4O. The van der Waals surface area contributed by atoms with Crippen LogP contribution >= 0.6 is 0 Å². The Balaban J connectivity index is 1.44. The lowest BCUT2D eigenvalue weighted by Gasteiger charge is -2.38. The summed E-state index contributed by atoms with van der Waals surface area (Å²) < 4.78 is 6.30. The van der Waals surface area contributed by atoms with E-state index < -0.39 is 0 Å². The summed E-state index contributed by atoms with van der Waals surface area (Å²) in [7, 11) is 1.88. The third kappa shape index (κ3) is 5.58. The molecule has 0 unspecified atom stereocenters. The van der Waals surface area contributed by atoms with Crippen molar-refractivity contribution in [3.05, 3.63) is 0 Å². The van der Waals surface area contributed by atoms with E-state index in [4.69, 9.17) is 4.74 Å². The Morgan fingerprint density at radius 1 is 1.12 bits per heavy atom. The van der Waals surface area contributed by atoms with Crippen LogP contribution in [0.15, 0.2) is 4.99 Å². The van der Waals surface area contributed by atoms with Gasteiger partial charge in [-0.25, -0.2) is 0 Å². The predicted molar refractivity (Wildman–Crippen MR) is 104 cm³/mol. The van der Waals surface area contributed by atoms with Crippen molar-refractivity contribution in [3.8, 4) is 0 Å². The second-order valence-corrected chi connectivity index (χ2v) is 8.20. The maximum Gasteiger partial charge on any atom is 0.191 e. The largest absolute Gasteiger partial charge is 0.373 e. The van der Waals surface area contributed by atoms with Gasteiger partial charge < -0.3 is 20.3 Å². The molecule has 5 nitrogen and oxygen atoms in total. The Kier molecular flexibility index (Phi) is 7.00. The van der Waals surface area contributed by atoms with E-state index in [-0.39, 0.29) is 5.60 Å². The molecule has 3 aliphatic rings. The molecule has 25 heavy (non-hydrogen) atoms. The van der Waals surface area contributed by atoms with Crippen molar-refractivity contribution >= 4 is 5.96 Å². The zero-order chi connectivity index (χ0) is 17.5. The first kappa shape index (κ1) is 19.0. The van der Waals surface area contributed by atoms with E-state index in [0.29, 0.717) is 6.04 Å². The highest BCUT2D eigenvalue weighted by Gasteiger charge is 2.34. The number of ether oxygens (including phenoxy) is 1. The van der Waals surface area contributed by atoms with Crippen LogP contribution in [0.1, 0.15) is 71.1 Å². The Bertz CT molecular complexity index is 421. The monoisotopic (exact) mass is 350 g/mol. The van der Waals surface area contributed by atoms with E-state index in [1.807, 2.05) is 7.05 Å². The SMILES string of the molecule is CCCOC1(CNC(=NC)NC2CCN(C3CC3)CC2)CCCCC1. The standard InChI is InChI=1S/C20H38N4O/c1-3-15-25-20(11-5-4-6-12-20)16-22-19(21-2)23-17-9-13-24(14-10-17)18-7-8-18/h17-18H,3-16H2,1-2H3,(H2,21,22,23). The minimum Gasteiger partial charge on any atom is -0.373 e. The summed E-state index contributed by atoms with van der Waals surface area (Å²) in [4.78, 5) is 7.14. The summed E-state index contributed by atoms with van der Waals surface area (Å²) >= 11 is 0. The molecule has 0 bridgehead atoms. The second kappa shape index (κ2) is 9.22. The first-order chi connectivity index (χ1) is 12.2. The van der Waals surface area contributed by atoms with Crippen molar-refractivity contribution in [1.82, 2.24) is 15.5 Å². The molecule has 144 valence electrons. The molecule has 1 saturated heterocycles. The van der Waals surface area contributed by atoms with E-state index in [1.165, 1.54) is 70.9 Å². The number of rotatable bonds is 7. The fourth-order valence-corrected chi connectivity index (χ4v) is 4.37. The molecule has 1 heterocycles. The van der Waals surface area contributed by atoms with Crippen LogP contribution in [0.25, 0.3) is 0 Å². The zero-order valence-corrected chi connectivity index (χ0v) is 16.4. The minimum absolute atomic E-state index is 0.0151. The van der Waals surface area contributed by atoms with Gasteiger partial charge >= 0.3 is 0 Å². The summed E-state index contributed by atoms with van der Waals surface area (Å²) in [5.41, 5.74) is 0.0151. The number of guanidine groups is 1. The molecule has 3 fully saturated rings. The van der Waals surface area contributed by atoms with Crippen LogP contribution in [0.2, 0.25) is 0 Å². The molecule has 1 aliphatic heterocycles. The Labute approximate surface area is 154 Å². The van der Waals surface area contributed by atoms with Gasteiger partial charge in [-0.1, -0.05) is 26.2 Å². The van der Waals surface area contributed by atoms with Crippen LogP contribution in [0.4, 0.5) is 0 Å². The molecule has 0 aromatic heterocycles. The summed E-state index contributed by atoms with van der Waals surface area (Å²) in [6.45, 7) is 6.42. The fraction of sp³-hybridized carbons (Fsp3) is 0.950. The van der Waals surface area contributed by atoms with Crippen molar-refractivity contribution < 1.29 is 4.74 Å². The molecule has 0 aromatic rings. The van der Waals surface area contributed by atoms with E-state index >= 15 is 0 Å². The first-order valence-corrected chi connectivity index (χ1v) is 10.6. The Morgan fingerprint density at radius 2 is 1.84 bits per heavy atom. The summed E-state index contributed by atoms with van der Waals surface area (Å²) in [6, 6.07) is 1.46. The van der Waals surface area contributed by atoms with Crippen molar-refractivity contribution in [2.75, 3.05) is 33.3 Å². The van der Waals surface area contributed by atoms with Crippen LogP contribution < -0.4 is 10.6 Å². The summed E-state index contributed by atoms with van der Waals surface area (Å²) in [5.74, 6) is 0.954. The molecular weight excluding hydrogens is 312 g/mol. The number of piperidine rings is 1. The number of nitrogens with one attached hydrogen (secondary N) is 2. The smallest absolute Gasteiger partial charge is 0.191 e. The van der Waals surface area contributed by atoms with Crippen molar-refractivity contribution in [1.29, 1.82) is 0 Å². The van der Waals surface area contributed by atoms with Crippen LogP contribution in [0.3, 0.4) is 0 Å². The van der Waals surface area contributed by atoms with Crippen molar-refractivity contribution in [3.63, 3.8) is 0 Å². The van der Waals surface area contributed by atoms with Gasteiger partial charge in [0.2, 0.25) is 0 Å². The maximum atomic E-state index is 6.30. The van der Waals surface area contributed by atoms with Gasteiger partial charge in [0.25, 0.3) is 0 Å². The normalized spacial score (nSPS) is 25.8. The van der Waals surface area contributed by atoms with Crippen molar-refractivity contribution in [2.45, 2.75) is 88.8 Å². The van der Waals surface area contributed by atoms with E-state index in [9.17, 15) is 0 Å². The van der Waals surface area contributed by atoms with Gasteiger partial charge in [0.05, 0.1) is 5.60 Å². The van der Waals surface area contributed by atoms with Crippen LogP contribution in [-0.2, 0) is 4.74 Å². The van der Waals surface area contributed by atoms with Crippen LogP contribution in [0.5, 0.6) is 0 Å². The third-order valence-electron chi connectivity index (χ3n) is 6.11. The van der Waals surface area contributed by atoms with Crippen LogP contribution in [0, 0.1) is 0 Å². The molecule has 0 atom stereocenters. The van der Waals surface area contributed by atoms with Gasteiger partial charge in [-0.15, -0.1) is 0 Å². The summed E-state index contributed by atoms with van der Waals surface area (Å²) in [6.07, 6.45) is 12.7. The molecule has 0 aromatic carbocycles. The van der Waals surface area contributed by atoms with Gasteiger partial charge in [-0.2, -0.15) is 0 Å². The highest BCUT2D eigenvalue weighted by molar-refractivity contribution is 5.80.